The Kier molecular flexibility index (Phi) is 15.0. The highest BCUT2D eigenvalue weighted by atomic mass is 35.5. The molecular formula is C14H30Cl2N2O4S2. The predicted molar refractivity (Wildman–Crippen MR) is 107 cm³/mol. The maximum Gasteiger partial charge on any atom is 0.324 e. The quantitative estimate of drug-likeness (QED) is 0.364. The molecule has 2 atom stereocenters. The van der Waals surface area contributed by atoms with Gasteiger partial charge in [-0.25, -0.2) is 0 Å². The van der Waals surface area contributed by atoms with E-state index in [0.717, 1.165) is 0 Å². The number of carbonyl (C=O) groups excluding carboxylic acids is 2. The molecule has 0 aromatic rings. The van der Waals surface area contributed by atoms with Gasteiger partial charge in [0.05, 0.1) is 0 Å². The normalized spacial score (nSPS) is 13.8. The molecule has 0 aromatic heterocycles. The lowest BCUT2D eigenvalue weighted by molar-refractivity contribution is -0.156. The van der Waals surface area contributed by atoms with Gasteiger partial charge in [-0.15, -0.1) is 24.8 Å². The van der Waals surface area contributed by atoms with Gasteiger partial charge in [0.2, 0.25) is 0 Å². The highest BCUT2D eigenvalue weighted by Gasteiger charge is 2.24. The van der Waals surface area contributed by atoms with Crippen LogP contribution >= 0.6 is 46.4 Å². The maximum atomic E-state index is 11.7. The summed E-state index contributed by atoms with van der Waals surface area (Å²) in [5, 5.41) is 0. The maximum absolute atomic E-state index is 11.7. The molecule has 24 heavy (non-hydrogen) atoms. The summed E-state index contributed by atoms with van der Waals surface area (Å²) in [6.45, 7) is 10.7. The van der Waals surface area contributed by atoms with Crippen molar-refractivity contribution in [1.82, 2.24) is 0 Å². The molecule has 0 saturated carbocycles. The van der Waals surface area contributed by atoms with Gasteiger partial charge in [0.25, 0.3) is 0 Å². The number of rotatable bonds is 7. The van der Waals surface area contributed by atoms with Crippen molar-refractivity contribution in [2.75, 3.05) is 11.5 Å². The largest absolute Gasteiger partial charge is 0.459 e. The zero-order valence-corrected chi connectivity index (χ0v) is 18.3. The van der Waals surface area contributed by atoms with Crippen LogP contribution in [-0.4, -0.2) is 46.7 Å². The summed E-state index contributed by atoms with van der Waals surface area (Å²) in [6.07, 6.45) is 0. The van der Waals surface area contributed by atoms with Crippen molar-refractivity contribution in [3.05, 3.63) is 0 Å². The van der Waals surface area contributed by atoms with E-state index in [1.165, 1.54) is 21.6 Å². The van der Waals surface area contributed by atoms with Gasteiger partial charge in [0.1, 0.15) is 23.3 Å². The minimum absolute atomic E-state index is 0. The number of hydrogen-bond donors (Lipinski definition) is 2. The average molecular weight is 425 g/mol. The van der Waals surface area contributed by atoms with E-state index in [2.05, 4.69) is 0 Å². The number of esters is 2. The number of nitrogens with two attached hydrogens (primary N) is 2. The minimum atomic E-state index is -0.700. The van der Waals surface area contributed by atoms with E-state index in [4.69, 9.17) is 20.9 Å². The lowest BCUT2D eigenvalue weighted by Crippen LogP contribution is -2.39. The van der Waals surface area contributed by atoms with Gasteiger partial charge >= 0.3 is 11.9 Å². The van der Waals surface area contributed by atoms with Crippen LogP contribution in [0.15, 0.2) is 0 Å². The first-order valence-electron chi connectivity index (χ1n) is 7.03. The molecule has 0 aliphatic carbocycles. The molecule has 0 unspecified atom stereocenters. The van der Waals surface area contributed by atoms with Crippen molar-refractivity contribution in [2.45, 2.75) is 64.8 Å². The zero-order valence-electron chi connectivity index (χ0n) is 15.0. The molecule has 0 aromatic carbocycles. The van der Waals surface area contributed by atoms with Crippen molar-refractivity contribution >= 4 is 58.3 Å². The first kappa shape index (κ1) is 28.9. The molecule has 6 nitrogen and oxygen atoms in total. The Balaban J connectivity index is -0.00000220. The zero-order chi connectivity index (χ0) is 17.6. The summed E-state index contributed by atoms with van der Waals surface area (Å²) >= 11 is 0. The topological polar surface area (TPSA) is 105 Å². The summed E-state index contributed by atoms with van der Waals surface area (Å²) in [6, 6.07) is -1.40. The van der Waals surface area contributed by atoms with Crippen LogP contribution < -0.4 is 11.5 Å². The van der Waals surface area contributed by atoms with Crippen LogP contribution in [0.3, 0.4) is 0 Å². The second kappa shape index (κ2) is 12.5. The summed E-state index contributed by atoms with van der Waals surface area (Å²) in [7, 11) is 2.76. The highest BCUT2D eigenvalue weighted by Crippen LogP contribution is 2.23. The van der Waals surface area contributed by atoms with E-state index in [-0.39, 0.29) is 24.8 Å². The van der Waals surface area contributed by atoms with Gasteiger partial charge in [-0.1, -0.05) is 21.6 Å². The third-order valence-corrected chi connectivity index (χ3v) is 4.47. The Labute approximate surface area is 165 Å². The third-order valence-electron chi connectivity index (χ3n) is 2.00. The van der Waals surface area contributed by atoms with Crippen LogP contribution in [0.4, 0.5) is 0 Å². The van der Waals surface area contributed by atoms with Gasteiger partial charge in [-0.3, -0.25) is 9.59 Å². The van der Waals surface area contributed by atoms with Crippen LogP contribution in [0.25, 0.3) is 0 Å². The van der Waals surface area contributed by atoms with Gasteiger partial charge < -0.3 is 20.9 Å². The smallest absolute Gasteiger partial charge is 0.324 e. The van der Waals surface area contributed by atoms with Crippen LogP contribution in [0.2, 0.25) is 0 Å². The fourth-order valence-electron chi connectivity index (χ4n) is 1.13. The van der Waals surface area contributed by atoms with E-state index in [0.29, 0.717) is 11.5 Å². The third kappa shape index (κ3) is 15.7. The monoisotopic (exact) mass is 424 g/mol. The van der Waals surface area contributed by atoms with E-state index in [9.17, 15) is 9.59 Å². The van der Waals surface area contributed by atoms with Gasteiger partial charge in [0.15, 0.2) is 0 Å². The van der Waals surface area contributed by atoms with E-state index < -0.39 is 35.2 Å². The first-order valence-corrected chi connectivity index (χ1v) is 9.52. The molecule has 10 heteroatoms. The molecular weight excluding hydrogens is 395 g/mol. The van der Waals surface area contributed by atoms with Crippen LogP contribution in [-0.2, 0) is 19.1 Å². The highest BCUT2D eigenvalue weighted by molar-refractivity contribution is 8.76. The Bertz CT molecular complexity index is 352. The van der Waals surface area contributed by atoms with Crippen molar-refractivity contribution in [1.29, 1.82) is 0 Å². The Morgan fingerprint density at radius 3 is 1.25 bits per heavy atom. The standard InChI is InChI=1S/C14H28N2O4S2.2ClH/c1-13(2,3)19-11(17)9(15)7-21-22-8-10(16)12(18)20-14(4,5)6;;/h9-10H,7-8,15-16H2,1-6H3;2*1H/t9-,10-;;/m0../s1. The molecule has 0 amide bonds. The summed E-state index contributed by atoms with van der Waals surface area (Å²) in [4.78, 5) is 23.4. The first-order chi connectivity index (χ1) is 9.82. The van der Waals surface area contributed by atoms with E-state index >= 15 is 0 Å². The van der Waals surface area contributed by atoms with Crippen LogP contribution in [0.1, 0.15) is 41.5 Å². The number of carbonyl (C=O) groups is 2. The molecule has 0 radical (unpaired) electrons. The van der Waals surface area contributed by atoms with Gasteiger partial charge in [-0.05, 0) is 41.5 Å². The van der Waals surface area contributed by atoms with Gasteiger partial charge in [-0.2, -0.15) is 0 Å². The predicted octanol–water partition coefficient (Wildman–Crippen LogP) is 2.55. The molecule has 0 saturated heterocycles. The summed E-state index contributed by atoms with van der Waals surface area (Å²) < 4.78 is 10.4. The lowest BCUT2D eigenvalue weighted by atomic mass is 10.2. The fraction of sp³-hybridized carbons (Fsp3) is 0.857. The molecule has 0 aliphatic rings. The SMILES string of the molecule is CC(C)(C)OC(=O)[C@@H](N)CSSC[C@H](N)C(=O)OC(C)(C)C.Cl.Cl. The molecule has 146 valence electrons. The molecule has 0 rings (SSSR count). The Hall–Kier alpha value is 0.140. The van der Waals surface area contributed by atoms with Gasteiger partial charge in [0, 0.05) is 11.5 Å². The fourth-order valence-corrected chi connectivity index (χ4v) is 3.35. The van der Waals surface area contributed by atoms with Crippen LogP contribution in [0.5, 0.6) is 0 Å². The molecule has 4 N–H and O–H groups in total. The van der Waals surface area contributed by atoms with Crippen molar-refractivity contribution in [3.8, 4) is 0 Å². The summed E-state index contributed by atoms with van der Waals surface area (Å²) in [5.41, 5.74) is 10.4. The molecule has 0 heterocycles. The van der Waals surface area contributed by atoms with Crippen molar-refractivity contribution in [2.24, 2.45) is 11.5 Å². The molecule has 0 aliphatic heterocycles. The lowest BCUT2D eigenvalue weighted by Gasteiger charge is -2.22. The average Bonchev–Trinajstić information content (AvgIpc) is 2.29. The van der Waals surface area contributed by atoms with E-state index in [1.54, 1.807) is 41.5 Å². The number of ether oxygens (including phenoxy) is 2. The minimum Gasteiger partial charge on any atom is -0.459 e. The number of halogens is 2. The van der Waals surface area contributed by atoms with Crippen LogP contribution in [0, 0.1) is 0 Å². The summed E-state index contributed by atoms with van der Waals surface area (Å²) in [5.74, 6) is -0.0876. The van der Waals surface area contributed by atoms with E-state index in [1.807, 2.05) is 0 Å². The molecule has 0 spiro atoms. The van der Waals surface area contributed by atoms with Crippen molar-refractivity contribution in [3.63, 3.8) is 0 Å². The molecule has 0 bridgehead atoms. The van der Waals surface area contributed by atoms with Crippen molar-refractivity contribution < 1.29 is 19.1 Å². The Morgan fingerprint density at radius 1 is 0.792 bits per heavy atom. The second-order valence-corrected chi connectivity index (χ2v) is 9.40. The second-order valence-electron chi connectivity index (χ2n) is 6.85. The number of hydrogen-bond acceptors (Lipinski definition) is 8. The molecule has 0 fully saturated rings. The Morgan fingerprint density at radius 2 is 1.04 bits per heavy atom.